The number of sulfone groups is 1. The van der Waals surface area contributed by atoms with Crippen molar-refractivity contribution >= 4 is 21.6 Å². The predicted molar refractivity (Wildman–Crippen MR) is 139 cm³/mol. The van der Waals surface area contributed by atoms with Crippen molar-refractivity contribution in [2.75, 3.05) is 43.4 Å². The van der Waals surface area contributed by atoms with Crippen LogP contribution in [0.2, 0.25) is 0 Å². The molecule has 2 fully saturated rings. The Kier molecular flexibility index (Phi) is 6.91. The minimum atomic E-state index is -2.97. The van der Waals surface area contributed by atoms with Crippen molar-refractivity contribution in [3.8, 4) is 22.4 Å². The summed E-state index contributed by atoms with van der Waals surface area (Å²) >= 11 is 0. The molecule has 1 amide bonds. The number of carbonyl (C=O) groups excluding carboxylic acids is 1. The molecule has 11 heteroatoms. The molecule has 9 nitrogen and oxygen atoms in total. The Bertz CT molecular complexity index is 1420. The highest BCUT2D eigenvalue weighted by atomic mass is 32.2. The molecule has 0 radical (unpaired) electrons. The van der Waals surface area contributed by atoms with Crippen LogP contribution in [0, 0.1) is 5.82 Å². The highest BCUT2D eigenvalue weighted by Gasteiger charge is 2.34. The number of hydrogen-bond acceptors (Lipinski definition) is 8. The number of aryl methyl sites for hydroxylation is 1. The maximum atomic E-state index is 15.3. The summed E-state index contributed by atoms with van der Waals surface area (Å²) in [4.78, 5) is 29.9. The van der Waals surface area contributed by atoms with Crippen molar-refractivity contribution in [3.63, 3.8) is 0 Å². The number of pyridine rings is 1. The quantitative estimate of drug-likeness (QED) is 0.540. The second-order valence-corrected chi connectivity index (χ2v) is 11.7. The van der Waals surface area contributed by atoms with Gasteiger partial charge in [-0.15, -0.1) is 0 Å². The third-order valence-electron chi connectivity index (χ3n) is 7.13. The number of nitrogen functional groups attached to an aromatic ring is 1. The van der Waals surface area contributed by atoms with Gasteiger partial charge in [-0.05, 0) is 37.1 Å². The first-order valence-electron chi connectivity index (χ1n) is 12.3. The lowest BCUT2D eigenvalue weighted by Crippen LogP contribution is -2.52. The number of halogens is 1. The van der Waals surface area contributed by atoms with E-state index in [1.807, 2.05) is 13.0 Å². The molecule has 5 rings (SSSR count). The van der Waals surface area contributed by atoms with E-state index in [9.17, 15) is 13.2 Å². The molecule has 194 valence electrons. The van der Waals surface area contributed by atoms with Gasteiger partial charge in [-0.1, -0.05) is 13.0 Å². The summed E-state index contributed by atoms with van der Waals surface area (Å²) in [6.07, 6.45) is 4.37. The molecule has 2 aromatic heterocycles. The number of benzene rings is 1. The minimum Gasteiger partial charge on any atom is -0.384 e. The molecule has 2 saturated heterocycles. The highest BCUT2D eigenvalue weighted by molar-refractivity contribution is 7.91. The van der Waals surface area contributed by atoms with Gasteiger partial charge in [0.25, 0.3) is 5.91 Å². The molecule has 4 heterocycles. The summed E-state index contributed by atoms with van der Waals surface area (Å²) in [5.41, 5.74) is 9.15. The Morgan fingerprint density at radius 2 is 1.84 bits per heavy atom. The fourth-order valence-electron chi connectivity index (χ4n) is 5.13. The normalized spacial score (nSPS) is 19.7. The monoisotopic (exact) mass is 524 g/mol. The van der Waals surface area contributed by atoms with E-state index in [1.165, 1.54) is 18.5 Å². The average Bonchev–Trinajstić information content (AvgIpc) is 3.28. The van der Waals surface area contributed by atoms with Crippen molar-refractivity contribution < 1.29 is 17.6 Å². The number of nitrogens with two attached hydrogens (primary N) is 1. The van der Waals surface area contributed by atoms with Crippen molar-refractivity contribution in [3.05, 3.63) is 59.9 Å². The molecule has 37 heavy (non-hydrogen) atoms. The van der Waals surface area contributed by atoms with Gasteiger partial charge in [-0.25, -0.2) is 27.8 Å². The number of carbonyl (C=O) groups is 1. The largest absolute Gasteiger partial charge is 0.384 e. The molecule has 1 atom stereocenters. The fourth-order valence-corrected chi connectivity index (χ4v) is 6.89. The molecule has 2 aliphatic heterocycles. The average molecular weight is 525 g/mol. The number of hydrogen-bond donors (Lipinski definition) is 1. The standard InChI is InChI=1S/C26H29FN6O3S/c1-2-22-24(18-4-6-23(28)29-14-18)25(31-16-30-22)17-3-5-20(21(27)13-17)26(34)33-10-8-32(9-11-33)19-7-12-37(35,36)15-19/h3-6,13-14,16,19H,2,7-12,15H2,1H3,(H2,28,29). The van der Waals surface area contributed by atoms with Crippen LogP contribution in [0.15, 0.2) is 42.9 Å². The second kappa shape index (κ2) is 10.1. The fraction of sp³-hybridized carbons (Fsp3) is 0.385. The lowest BCUT2D eigenvalue weighted by molar-refractivity contribution is 0.0583. The van der Waals surface area contributed by atoms with E-state index in [1.54, 1.807) is 23.2 Å². The summed E-state index contributed by atoms with van der Waals surface area (Å²) in [5, 5.41) is 0. The number of piperazine rings is 1. The predicted octanol–water partition coefficient (Wildman–Crippen LogP) is 2.43. The first-order valence-corrected chi connectivity index (χ1v) is 14.2. The molecular formula is C26H29FN6O3S. The molecule has 1 aromatic carbocycles. The number of amides is 1. The third kappa shape index (κ3) is 5.19. The van der Waals surface area contributed by atoms with Crippen LogP contribution in [0.4, 0.5) is 10.2 Å². The highest BCUT2D eigenvalue weighted by Crippen LogP contribution is 2.33. The second-order valence-electron chi connectivity index (χ2n) is 9.45. The summed E-state index contributed by atoms with van der Waals surface area (Å²) < 4.78 is 38.9. The Labute approximate surface area is 215 Å². The lowest BCUT2D eigenvalue weighted by atomic mass is 9.96. The molecule has 0 bridgehead atoms. The zero-order valence-corrected chi connectivity index (χ0v) is 21.4. The first kappa shape index (κ1) is 25.2. The number of aromatic nitrogens is 3. The SMILES string of the molecule is CCc1ncnc(-c2ccc(C(=O)N3CCN(C4CCS(=O)(=O)C4)CC3)c(F)c2)c1-c1ccc(N)nc1. The summed E-state index contributed by atoms with van der Waals surface area (Å²) in [5.74, 6) is -0.207. The minimum absolute atomic E-state index is 0.00103. The smallest absolute Gasteiger partial charge is 0.256 e. The molecule has 2 N–H and O–H groups in total. The zero-order chi connectivity index (χ0) is 26.2. The van der Waals surface area contributed by atoms with Crippen molar-refractivity contribution in [1.29, 1.82) is 0 Å². The van der Waals surface area contributed by atoms with E-state index in [0.29, 0.717) is 56.1 Å². The molecule has 0 spiro atoms. The summed E-state index contributed by atoms with van der Waals surface area (Å²) in [6.45, 7) is 3.98. The van der Waals surface area contributed by atoms with E-state index < -0.39 is 15.7 Å². The molecular weight excluding hydrogens is 495 g/mol. The van der Waals surface area contributed by atoms with E-state index in [-0.39, 0.29) is 29.0 Å². The van der Waals surface area contributed by atoms with E-state index in [4.69, 9.17) is 5.73 Å². The van der Waals surface area contributed by atoms with E-state index in [2.05, 4.69) is 19.9 Å². The van der Waals surface area contributed by atoms with Crippen LogP contribution in [-0.4, -0.2) is 82.8 Å². The maximum absolute atomic E-state index is 15.3. The summed E-state index contributed by atoms with van der Waals surface area (Å²) in [7, 11) is -2.97. The molecule has 3 aromatic rings. The van der Waals surface area contributed by atoms with Crippen molar-refractivity contribution in [2.45, 2.75) is 25.8 Å². The van der Waals surface area contributed by atoms with E-state index >= 15 is 4.39 Å². The Balaban J connectivity index is 1.36. The Morgan fingerprint density at radius 1 is 1.08 bits per heavy atom. The Hall–Kier alpha value is -3.44. The van der Waals surface area contributed by atoms with Gasteiger partial charge < -0.3 is 10.6 Å². The van der Waals surface area contributed by atoms with Gasteiger partial charge in [0.15, 0.2) is 9.84 Å². The number of rotatable bonds is 5. The number of anilines is 1. The van der Waals surface area contributed by atoms with Crippen LogP contribution < -0.4 is 5.73 Å². The molecule has 2 aliphatic rings. The van der Waals surface area contributed by atoms with Crippen LogP contribution in [0.3, 0.4) is 0 Å². The van der Waals surface area contributed by atoms with Gasteiger partial charge in [0, 0.05) is 55.1 Å². The topological polar surface area (TPSA) is 122 Å². The first-order chi connectivity index (χ1) is 17.8. The maximum Gasteiger partial charge on any atom is 0.256 e. The van der Waals surface area contributed by atoms with E-state index in [0.717, 1.165) is 16.8 Å². The summed E-state index contributed by atoms with van der Waals surface area (Å²) in [6, 6.07) is 8.07. The molecule has 1 unspecified atom stereocenters. The zero-order valence-electron chi connectivity index (χ0n) is 20.6. The van der Waals surface area contributed by atoms with Gasteiger partial charge >= 0.3 is 0 Å². The van der Waals surface area contributed by atoms with Crippen LogP contribution >= 0.6 is 0 Å². The van der Waals surface area contributed by atoms with Gasteiger partial charge in [-0.2, -0.15) is 0 Å². The van der Waals surface area contributed by atoms with Crippen LogP contribution in [0.1, 0.15) is 29.4 Å². The Morgan fingerprint density at radius 3 is 2.46 bits per heavy atom. The van der Waals surface area contributed by atoms with Crippen LogP contribution in [0.5, 0.6) is 0 Å². The van der Waals surface area contributed by atoms with Gasteiger partial charge in [-0.3, -0.25) is 9.69 Å². The number of nitrogens with zero attached hydrogens (tertiary/aromatic N) is 5. The molecule has 0 aliphatic carbocycles. The van der Waals surface area contributed by atoms with Crippen molar-refractivity contribution in [1.82, 2.24) is 24.8 Å². The lowest BCUT2D eigenvalue weighted by Gasteiger charge is -2.37. The van der Waals surface area contributed by atoms with Gasteiger partial charge in [0.05, 0.1) is 28.5 Å². The molecule has 0 saturated carbocycles. The van der Waals surface area contributed by atoms with Gasteiger partial charge in [0.1, 0.15) is 18.0 Å². The van der Waals surface area contributed by atoms with Crippen LogP contribution in [0.25, 0.3) is 22.4 Å². The van der Waals surface area contributed by atoms with Crippen LogP contribution in [-0.2, 0) is 16.3 Å². The van der Waals surface area contributed by atoms with Crippen molar-refractivity contribution in [2.24, 2.45) is 0 Å². The third-order valence-corrected chi connectivity index (χ3v) is 8.89. The van der Waals surface area contributed by atoms with Gasteiger partial charge in [0.2, 0.25) is 0 Å².